The van der Waals surface area contributed by atoms with Crippen LogP contribution >= 0.6 is 0 Å². The Balaban J connectivity index is 2.19. The van der Waals surface area contributed by atoms with Crippen molar-refractivity contribution in [3.05, 3.63) is 60.2 Å². The maximum atomic E-state index is 5.42. The molecule has 0 saturated heterocycles. The zero-order valence-electron chi connectivity index (χ0n) is 12.3. The van der Waals surface area contributed by atoms with Gasteiger partial charge in [-0.05, 0) is 24.1 Å². The van der Waals surface area contributed by atoms with Crippen LogP contribution in [0.2, 0.25) is 0 Å². The SMILES string of the molecule is CCCCC(Nc1ccccc1OC)c1ccccc1. The first-order valence-electron chi connectivity index (χ1n) is 7.29. The van der Waals surface area contributed by atoms with Crippen molar-refractivity contribution in [2.75, 3.05) is 12.4 Å². The monoisotopic (exact) mass is 269 g/mol. The van der Waals surface area contributed by atoms with Gasteiger partial charge in [0, 0.05) is 0 Å². The van der Waals surface area contributed by atoms with Crippen LogP contribution in [0.3, 0.4) is 0 Å². The number of anilines is 1. The molecule has 1 atom stereocenters. The summed E-state index contributed by atoms with van der Waals surface area (Å²) in [5, 5.41) is 3.62. The predicted octanol–water partition coefficient (Wildman–Crippen LogP) is 5.04. The van der Waals surface area contributed by atoms with Crippen LogP contribution in [0.25, 0.3) is 0 Å². The molecule has 2 nitrogen and oxygen atoms in total. The highest BCUT2D eigenvalue weighted by Crippen LogP contribution is 2.30. The number of unbranched alkanes of at least 4 members (excludes halogenated alkanes) is 1. The van der Waals surface area contributed by atoms with Gasteiger partial charge >= 0.3 is 0 Å². The lowest BCUT2D eigenvalue weighted by Gasteiger charge is -2.21. The van der Waals surface area contributed by atoms with Gasteiger partial charge in [-0.15, -0.1) is 0 Å². The van der Waals surface area contributed by atoms with Crippen molar-refractivity contribution < 1.29 is 4.74 Å². The van der Waals surface area contributed by atoms with E-state index in [1.807, 2.05) is 18.2 Å². The second-order valence-corrected chi connectivity index (χ2v) is 4.95. The minimum atomic E-state index is 0.326. The largest absolute Gasteiger partial charge is 0.495 e. The lowest BCUT2D eigenvalue weighted by molar-refractivity contribution is 0.415. The van der Waals surface area contributed by atoms with Crippen molar-refractivity contribution in [1.29, 1.82) is 0 Å². The third-order valence-corrected chi connectivity index (χ3v) is 3.49. The number of nitrogens with one attached hydrogen (secondary N) is 1. The molecule has 0 aromatic heterocycles. The summed E-state index contributed by atoms with van der Waals surface area (Å²) in [5.74, 6) is 0.893. The summed E-state index contributed by atoms with van der Waals surface area (Å²) in [6.07, 6.45) is 3.54. The summed E-state index contributed by atoms with van der Waals surface area (Å²) in [6, 6.07) is 19.0. The topological polar surface area (TPSA) is 21.3 Å². The van der Waals surface area contributed by atoms with E-state index in [1.165, 1.54) is 18.4 Å². The van der Waals surface area contributed by atoms with Gasteiger partial charge in [0.2, 0.25) is 0 Å². The molecule has 0 bridgehead atoms. The van der Waals surface area contributed by atoms with Gasteiger partial charge in [0.25, 0.3) is 0 Å². The molecule has 2 aromatic carbocycles. The van der Waals surface area contributed by atoms with Gasteiger partial charge < -0.3 is 10.1 Å². The van der Waals surface area contributed by atoms with Gasteiger partial charge in [0.15, 0.2) is 0 Å². The molecule has 0 heterocycles. The van der Waals surface area contributed by atoms with Crippen LogP contribution in [0.4, 0.5) is 5.69 Å². The van der Waals surface area contributed by atoms with Gasteiger partial charge in [0.05, 0.1) is 18.8 Å². The fraction of sp³-hybridized carbons (Fsp3) is 0.333. The molecular weight excluding hydrogens is 246 g/mol. The molecule has 0 fully saturated rings. The highest BCUT2D eigenvalue weighted by molar-refractivity contribution is 5.57. The Labute approximate surface area is 121 Å². The van der Waals surface area contributed by atoms with Crippen LogP contribution in [-0.4, -0.2) is 7.11 Å². The van der Waals surface area contributed by atoms with E-state index in [1.54, 1.807) is 7.11 Å². The van der Waals surface area contributed by atoms with Crippen molar-refractivity contribution >= 4 is 5.69 Å². The number of hydrogen-bond acceptors (Lipinski definition) is 2. The third kappa shape index (κ3) is 3.77. The molecule has 1 N–H and O–H groups in total. The Kier molecular flexibility index (Phi) is 5.48. The van der Waals surface area contributed by atoms with Gasteiger partial charge in [0.1, 0.15) is 5.75 Å². The first-order chi connectivity index (χ1) is 9.85. The first-order valence-corrected chi connectivity index (χ1v) is 7.29. The number of methoxy groups -OCH3 is 1. The maximum Gasteiger partial charge on any atom is 0.141 e. The fourth-order valence-electron chi connectivity index (χ4n) is 2.37. The van der Waals surface area contributed by atoms with Crippen molar-refractivity contribution in [3.8, 4) is 5.75 Å². The minimum absolute atomic E-state index is 0.326. The molecule has 2 aromatic rings. The van der Waals surface area contributed by atoms with Gasteiger partial charge in [-0.2, -0.15) is 0 Å². The van der Waals surface area contributed by atoms with E-state index in [0.29, 0.717) is 6.04 Å². The van der Waals surface area contributed by atoms with Crippen LogP contribution in [0.5, 0.6) is 5.75 Å². The Morgan fingerprint density at radius 1 is 1.00 bits per heavy atom. The first kappa shape index (κ1) is 14.4. The van der Waals surface area contributed by atoms with Crippen LogP contribution in [0, 0.1) is 0 Å². The molecule has 1 unspecified atom stereocenters. The molecule has 0 aliphatic heterocycles. The average Bonchev–Trinajstić information content (AvgIpc) is 2.52. The van der Waals surface area contributed by atoms with Crippen molar-refractivity contribution in [3.63, 3.8) is 0 Å². The molecule has 20 heavy (non-hydrogen) atoms. The molecule has 106 valence electrons. The van der Waals surface area contributed by atoms with E-state index in [9.17, 15) is 0 Å². The van der Waals surface area contributed by atoms with E-state index < -0.39 is 0 Å². The van der Waals surface area contributed by atoms with Crippen LogP contribution < -0.4 is 10.1 Å². The molecule has 0 saturated carbocycles. The van der Waals surface area contributed by atoms with Gasteiger partial charge in [-0.25, -0.2) is 0 Å². The molecular formula is C18H23NO. The quantitative estimate of drug-likeness (QED) is 0.760. The Bertz CT molecular complexity index is 510. The molecule has 0 amide bonds. The molecule has 0 aliphatic rings. The summed E-state index contributed by atoms with van der Waals surface area (Å²) in [4.78, 5) is 0. The Morgan fingerprint density at radius 3 is 2.40 bits per heavy atom. The lowest BCUT2D eigenvalue weighted by Crippen LogP contribution is -2.11. The van der Waals surface area contributed by atoms with Crippen molar-refractivity contribution in [1.82, 2.24) is 0 Å². The minimum Gasteiger partial charge on any atom is -0.495 e. The highest BCUT2D eigenvalue weighted by Gasteiger charge is 2.12. The average molecular weight is 269 g/mol. The van der Waals surface area contributed by atoms with Crippen LogP contribution in [-0.2, 0) is 0 Å². The van der Waals surface area contributed by atoms with E-state index in [2.05, 4.69) is 48.6 Å². The van der Waals surface area contributed by atoms with Gasteiger partial charge in [-0.3, -0.25) is 0 Å². The van der Waals surface area contributed by atoms with Crippen molar-refractivity contribution in [2.45, 2.75) is 32.2 Å². The Morgan fingerprint density at radius 2 is 1.70 bits per heavy atom. The lowest BCUT2D eigenvalue weighted by atomic mass is 10.0. The highest BCUT2D eigenvalue weighted by atomic mass is 16.5. The molecule has 2 rings (SSSR count). The maximum absolute atomic E-state index is 5.42. The zero-order valence-corrected chi connectivity index (χ0v) is 12.3. The number of para-hydroxylation sites is 2. The molecule has 0 spiro atoms. The number of ether oxygens (including phenoxy) is 1. The summed E-state index contributed by atoms with van der Waals surface area (Å²) in [5.41, 5.74) is 2.38. The fourth-order valence-corrected chi connectivity index (χ4v) is 2.37. The second kappa shape index (κ2) is 7.59. The standard InChI is InChI=1S/C18H23NO/c1-3-4-12-16(15-10-6-5-7-11-15)19-17-13-8-9-14-18(17)20-2/h5-11,13-14,16,19H,3-4,12H2,1-2H3. The van der Waals surface area contributed by atoms with E-state index in [-0.39, 0.29) is 0 Å². The van der Waals surface area contributed by atoms with E-state index >= 15 is 0 Å². The molecule has 2 heteroatoms. The Hall–Kier alpha value is -1.96. The van der Waals surface area contributed by atoms with Crippen LogP contribution in [0.1, 0.15) is 37.8 Å². The summed E-state index contributed by atoms with van der Waals surface area (Å²) in [6.45, 7) is 2.23. The zero-order chi connectivity index (χ0) is 14.2. The van der Waals surface area contributed by atoms with Gasteiger partial charge in [-0.1, -0.05) is 62.2 Å². The van der Waals surface area contributed by atoms with Crippen molar-refractivity contribution in [2.24, 2.45) is 0 Å². The molecule has 0 aliphatic carbocycles. The van der Waals surface area contributed by atoms with E-state index in [0.717, 1.165) is 17.9 Å². The number of benzene rings is 2. The third-order valence-electron chi connectivity index (χ3n) is 3.49. The summed E-state index contributed by atoms with van der Waals surface area (Å²) < 4.78 is 5.42. The van der Waals surface area contributed by atoms with E-state index in [4.69, 9.17) is 4.74 Å². The number of hydrogen-bond donors (Lipinski definition) is 1. The normalized spacial score (nSPS) is 11.9. The summed E-state index contributed by atoms with van der Waals surface area (Å²) in [7, 11) is 1.71. The summed E-state index contributed by atoms with van der Waals surface area (Å²) >= 11 is 0. The molecule has 0 radical (unpaired) electrons. The predicted molar refractivity (Wildman–Crippen MR) is 85.3 cm³/mol. The number of rotatable bonds is 7. The smallest absolute Gasteiger partial charge is 0.141 e. The van der Waals surface area contributed by atoms with Crippen LogP contribution in [0.15, 0.2) is 54.6 Å². The second-order valence-electron chi connectivity index (χ2n) is 4.95.